The zero-order valence-corrected chi connectivity index (χ0v) is 19.8. The third-order valence-electron chi connectivity index (χ3n) is 6.16. The Balaban J connectivity index is 1.58. The van der Waals surface area contributed by atoms with Crippen molar-refractivity contribution in [2.24, 2.45) is 0 Å². The SMILES string of the molecule is CNS(=O)(=O)c1ccc(-c2ccc(Cl)cc2)c(COc2ccc(C3CCCCC3)cc2)c1. The standard InChI is InChI=1S/C26H28ClNO3S/c1-28-32(29,30)25-15-16-26(21-7-11-23(27)12-8-21)22(17-25)18-31-24-13-9-20(10-14-24)19-5-3-2-4-6-19/h7-17,19,28H,2-6,18H2,1H3. The van der Waals surface area contributed by atoms with Crippen LogP contribution in [0, 0.1) is 0 Å². The first-order valence-corrected chi connectivity index (χ1v) is 12.9. The molecule has 1 fully saturated rings. The van der Waals surface area contributed by atoms with Crippen LogP contribution >= 0.6 is 11.6 Å². The quantitative estimate of drug-likeness (QED) is 0.427. The van der Waals surface area contributed by atoms with Crippen LogP contribution < -0.4 is 9.46 Å². The van der Waals surface area contributed by atoms with Crippen LogP contribution in [-0.2, 0) is 16.6 Å². The van der Waals surface area contributed by atoms with Gasteiger partial charge in [-0.15, -0.1) is 0 Å². The summed E-state index contributed by atoms with van der Waals surface area (Å²) in [5.41, 5.74) is 4.03. The van der Waals surface area contributed by atoms with Gasteiger partial charge in [-0.2, -0.15) is 0 Å². The second-order valence-corrected chi connectivity index (χ2v) is 10.5. The monoisotopic (exact) mass is 469 g/mol. The Kier molecular flexibility index (Phi) is 7.19. The van der Waals surface area contributed by atoms with Gasteiger partial charge < -0.3 is 4.74 Å². The molecule has 4 rings (SSSR count). The van der Waals surface area contributed by atoms with E-state index >= 15 is 0 Å². The highest BCUT2D eigenvalue weighted by molar-refractivity contribution is 7.89. The Morgan fingerprint density at radius 2 is 1.62 bits per heavy atom. The van der Waals surface area contributed by atoms with Gasteiger partial charge in [0.2, 0.25) is 10.0 Å². The number of hydrogen-bond acceptors (Lipinski definition) is 3. The van der Waals surface area contributed by atoms with Crippen LogP contribution in [0.2, 0.25) is 5.02 Å². The summed E-state index contributed by atoms with van der Waals surface area (Å²) in [5, 5.41) is 0.652. The second-order valence-electron chi connectivity index (χ2n) is 8.23. The zero-order chi connectivity index (χ0) is 22.6. The molecule has 0 aliphatic heterocycles. The Labute approximate surface area is 195 Å². The van der Waals surface area contributed by atoms with Gasteiger partial charge in [0.05, 0.1) is 4.90 Å². The van der Waals surface area contributed by atoms with Crippen molar-refractivity contribution >= 4 is 21.6 Å². The van der Waals surface area contributed by atoms with E-state index in [1.54, 1.807) is 12.1 Å². The third-order valence-corrected chi connectivity index (χ3v) is 7.83. The van der Waals surface area contributed by atoms with E-state index in [9.17, 15) is 8.42 Å². The lowest BCUT2D eigenvalue weighted by Gasteiger charge is -2.22. The molecular formula is C26H28ClNO3S. The molecule has 4 nitrogen and oxygen atoms in total. The highest BCUT2D eigenvalue weighted by Crippen LogP contribution is 2.34. The van der Waals surface area contributed by atoms with Crippen molar-refractivity contribution in [3.8, 4) is 16.9 Å². The highest BCUT2D eigenvalue weighted by atomic mass is 35.5. The third kappa shape index (κ3) is 5.34. The van der Waals surface area contributed by atoms with Crippen molar-refractivity contribution in [1.29, 1.82) is 0 Å². The summed E-state index contributed by atoms with van der Waals surface area (Å²) in [6.45, 7) is 0.258. The zero-order valence-electron chi connectivity index (χ0n) is 18.2. The minimum atomic E-state index is -3.55. The van der Waals surface area contributed by atoms with Gasteiger partial charge in [0, 0.05) is 5.02 Å². The van der Waals surface area contributed by atoms with E-state index in [0.717, 1.165) is 22.4 Å². The maximum Gasteiger partial charge on any atom is 0.240 e. The van der Waals surface area contributed by atoms with E-state index in [1.807, 2.05) is 42.5 Å². The summed E-state index contributed by atoms with van der Waals surface area (Å²) < 4.78 is 33.1. The van der Waals surface area contributed by atoms with Crippen molar-refractivity contribution in [2.45, 2.75) is 49.5 Å². The van der Waals surface area contributed by atoms with E-state index in [2.05, 4.69) is 16.9 Å². The molecule has 3 aromatic carbocycles. The molecule has 1 aliphatic rings. The lowest BCUT2D eigenvalue weighted by atomic mass is 9.84. The number of nitrogens with one attached hydrogen (secondary N) is 1. The minimum absolute atomic E-state index is 0.212. The molecular weight excluding hydrogens is 442 g/mol. The molecule has 0 heterocycles. The van der Waals surface area contributed by atoms with Gasteiger partial charge in [-0.05, 0) is 84.5 Å². The number of rotatable bonds is 7. The number of ether oxygens (including phenoxy) is 1. The minimum Gasteiger partial charge on any atom is -0.489 e. The van der Waals surface area contributed by atoms with Crippen LogP contribution in [0.25, 0.3) is 11.1 Å². The van der Waals surface area contributed by atoms with Gasteiger partial charge in [0.25, 0.3) is 0 Å². The van der Waals surface area contributed by atoms with Crippen LogP contribution in [-0.4, -0.2) is 15.5 Å². The van der Waals surface area contributed by atoms with Crippen LogP contribution in [0.5, 0.6) is 5.75 Å². The van der Waals surface area contributed by atoms with E-state index in [4.69, 9.17) is 16.3 Å². The number of halogens is 1. The summed E-state index contributed by atoms with van der Waals surface area (Å²) in [7, 11) is -2.14. The molecule has 0 unspecified atom stereocenters. The van der Waals surface area contributed by atoms with Crippen molar-refractivity contribution in [3.05, 3.63) is 82.9 Å². The summed E-state index contributed by atoms with van der Waals surface area (Å²) in [6, 6.07) is 20.9. The Hall–Kier alpha value is -2.34. The lowest BCUT2D eigenvalue weighted by molar-refractivity contribution is 0.306. The highest BCUT2D eigenvalue weighted by Gasteiger charge is 2.17. The Morgan fingerprint density at radius 1 is 0.938 bits per heavy atom. The average Bonchev–Trinajstić information content (AvgIpc) is 2.84. The van der Waals surface area contributed by atoms with Crippen LogP contribution in [0.4, 0.5) is 0 Å². The molecule has 1 saturated carbocycles. The maximum atomic E-state index is 12.3. The lowest BCUT2D eigenvalue weighted by Crippen LogP contribution is -2.19. The van der Waals surface area contributed by atoms with Crippen LogP contribution in [0.3, 0.4) is 0 Å². The number of sulfonamides is 1. The largest absolute Gasteiger partial charge is 0.489 e. The fraction of sp³-hybridized carbons (Fsp3) is 0.308. The summed E-state index contributed by atoms with van der Waals surface area (Å²) in [4.78, 5) is 0.212. The van der Waals surface area contributed by atoms with Gasteiger partial charge in [-0.25, -0.2) is 13.1 Å². The molecule has 0 aromatic heterocycles. The predicted octanol–water partition coefficient (Wildman–Crippen LogP) is 6.54. The smallest absolute Gasteiger partial charge is 0.240 e. The first kappa shape index (κ1) is 22.8. The topological polar surface area (TPSA) is 55.4 Å². The Bertz CT molecular complexity index is 1150. The van der Waals surface area contributed by atoms with E-state index in [-0.39, 0.29) is 11.5 Å². The van der Waals surface area contributed by atoms with Crippen LogP contribution in [0.1, 0.15) is 49.1 Å². The van der Waals surface area contributed by atoms with Crippen molar-refractivity contribution in [3.63, 3.8) is 0 Å². The molecule has 0 saturated heterocycles. The fourth-order valence-electron chi connectivity index (χ4n) is 4.32. The normalized spacial score (nSPS) is 14.9. The molecule has 1 N–H and O–H groups in total. The van der Waals surface area contributed by atoms with E-state index in [0.29, 0.717) is 10.9 Å². The average molecular weight is 470 g/mol. The van der Waals surface area contributed by atoms with Crippen molar-refractivity contribution in [2.75, 3.05) is 7.05 Å². The van der Waals surface area contributed by atoms with Gasteiger partial charge in [0.15, 0.2) is 0 Å². The molecule has 168 valence electrons. The molecule has 3 aromatic rings. The summed E-state index contributed by atoms with van der Waals surface area (Å²) in [6.07, 6.45) is 6.48. The fourth-order valence-corrected chi connectivity index (χ4v) is 5.23. The molecule has 32 heavy (non-hydrogen) atoms. The molecule has 0 bridgehead atoms. The summed E-state index contributed by atoms with van der Waals surface area (Å²) >= 11 is 6.04. The molecule has 1 aliphatic carbocycles. The van der Waals surface area contributed by atoms with Crippen molar-refractivity contribution in [1.82, 2.24) is 4.72 Å². The molecule has 6 heteroatoms. The second kappa shape index (κ2) is 10.1. The Morgan fingerprint density at radius 3 is 2.28 bits per heavy atom. The first-order valence-electron chi connectivity index (χ1n) is 11.0. The van der Waals surface area contributed by atoms with Crippen molar-refractivity contribution < 1.29 is 13.2 Å². The van der Waals surface area contributed by atoms with E-state index in [1.165, 1.54) is 44.7 Å². The van der Waals surface area contributed by atoms with Gasteiger partial charge >= 0.3 is 0 Å². The number of benzene rings is 3. The number of hydrogen-bond donors (Lipinski definition) is 1. The van der Waals surface area contributed by atoms with Gasteiger partial charge in [0.1, 0.15) is 12.4 Å². The van der Waals surface area contributed by atoms with Crippen LogP contribution in [0.15, 0.2) is 71.6 Å². The molecule has 0 spiro atoms. The molecule has 0 amide bonds. The van der Waals surface area contributed by atoms with E-state index < -0.39 is 10.0 Å². The van der Waals surface area contributed by atoms with Gasteiger partial charge in [-0.1, -0.05) is 61.2 Å². The maximum absolute atomic E-state index is 12.3. The first-order chi connectivity index (χ1) is 15.5. The summed E-state index contributed by atoms with van der Waals surface area (Å²) in [5.74, 6) is 1.42. The van der Waals surface area contributed by atoms with Gasteiger partial charge in [-0.3, -0.25) is 0 Å². The molecule has 0 radical (unpaired) electrons. The predicted molar refractivity (Wildman–Crippen MR) is 130 cm³/mol. The molecule has 0 atom stereocenters.